The van der Waals surface area contributed by atoms with Gasteiger partial charge in [-0.05, 0) is 25.7 Å². The number of hydrogen-bond donors (Lipinski definition) is 2. The summed E-state index contributed by atoms with van der Waals surface area (Å²) in [4.78, 5) is 16.6. The number of nitrogens with one attached hydrogen (secondary N) is 1. The topological polar surface area (TPSA) is 62.2 Å². The first-order valence-electron chi connectivity index (χ1n) is 7.18. The van der Waals surface area contributed by atoms with Gasteiger partial charge in [0.05, 0.1) is 12.2 Å². The zero-order chi connectivity index (χ0) is 14.7. The number of carbonyl (C=O) groups is 1. The minimum Gasteiger partial charge on any atom is -0.380 e. The lowest BCUT2D eigenvalue weighted by molar-refractivity contribution is -0.139. The number of hydrogen-bond acceptors (Lipinski definition) is 4. The fourth-order valence-electron chi connectivity index (χ4n) is 2.62. The molecule has 4 nitrogen and oxygen atoms in total. The molecule has 0 saturated heterocycles. The van der Waals surface area contributed by atoms with Crippen LogP contribution in [0.2, 0.25) is 0 Å². The maximum atomic E-state index is 12.0. The Morgan fingerprint density at radius 2 is 2.00 bits per heavy atom. The van der Waals surface area contributed by atoms with E-state index in [0.29, 0.717) is 19.4 Å². The van der Waals surface area contributed by atoms with Gasteiger partial charge in [-0.3, -0.25) is 4.79 Å². The van der Waals surface area contributed by atoms with Crippen LogP contribution in [0.4, 0.5) is 0 Å². The van der Waals surface area contributed by atoms with Crippen molar-refractivity contribution < 1.29 is 9.90 Å². The van der Waals surface area contributed by atoms with Crippen LogP contribution in [-0.2, 0) is 11.3 Å². The largest absolute Gasteiger partial charge is 0.380 e. The number of rotatable bonds is 4. The van der Waals surface area contributed by atoms with E-state index in [9.17, 15) is 9.90 Å². The number of amides is 1. The van der Waals surface area contributed by atoms with Crippen molar-refractivity contribution >= 4 is 17.2 Å². The Kier molecular flexibility index (Phi) is 4.03. The highest BCUT2D eigenvalue weighted by Crippen LogP contribution is 2.29. The molecule has 110 valence electrons. The maximum Gasteiger partial charge on any atom is 0.252 e. The van der Waals surface area contributed by atoms with Gasteiger partial charge in [-0.25, -0.2) is 4.98 Å². The van der Waals surface area contributed by atoms with Crippen molar-refractivity contribution in [3.05, 3.63) is 41.4 Å². The minimum absolute atomic E-state index is 0.269. The molecule has 1 heterocycles. The van der Waals surface area contributed by atoms with E-state index in [1.807, 2.05) is 35.7 Å². The molecule has 21 heavy (non-hydrogen) atoms. The third-order valence-corrected chi connectivity index (χ3v) is 4.80. The Bertz CT molecular complexity index is 618. The average Bonchev–Trinajstić information content (AvgIpc) is 3.15. The summed E-state index contributed by atoms with van der Waals surface area (Å²) in [7, 11) is 0. The van der Waals surface area contributed by atoms with Crippen LogP contribution >= 0.6 is 11.3 Å². The van der Waals surface area contributed by atoms with Crippen molar-refractivity contribution in [2.75, 3.05) is 0 Å². The second kappa shape index (κ2) is 5.95. The van der Waals surface area contributed by atoms with Gasteiger partial charge >= 0.3 is 0 Å². The van der Waals surface area contributed by atoms with Crippen LogP contribution in [0.1, 0.15) is 31.4 Å². The number of thiazole rings is 1. The van der Waals surface area contributed by atoms with Crippen molar-refractivity contribution in [2.45, 2.75) is 37.8 Å². The first-order chi connectivity index (χ1) is 10.2. The van der Waals surface area contributed by atoms with Crippen LogP contribution in [0.3, 0.4) is 0 Å². The first kappa shape index (κ1) is 14.2. The van der Waals surface area contributed by atoms with Crippen molar-refractivity contribution in [1.29, 1.82) is 0 Å². The molecule has 0 spiro atoms. The summed E-state index contributed by atoms with van der Waals surface area (Å²) in [5, 5.41) is 15.9. The zero-order valence-corrected chi connectivity index (χ0v) is 12.5. The van der Waals surface area contributed by atoms with Crippen LogP contribution in [0.25, 0.3) is 10.6 Å². The predicted molar refractivity (Wildman–Crippen MR) is 82.8 cm³/mol. The molecule has 5 heteroatoms. The van der Waals surface area contributed by atoms with E-state index in [2.05, 4.69) is 10.3 Å². The van der Waals surface area contributed by atoms with Gasteiger partial charge in [0.15, 0.2) is 0 Å². The smallest absolute Gasteiger partial charge is 0.252 e. The van der Waals surface area contributed by atoms with E-state index in [1.165, 1.54) is 0 Å². The molecule has 2 N–H and O–H groups in total. The molecular formula is C16H18N2O2S. The molecule has 0 aliphatic heterocycles. The number of nitrogens with zero attached hydrogens (tertiary/aromatic N) is 1. The molecule has 1 aromatic carbocycles. The lowest BCUT2D eigenvalue weighted by Crippen LogP contribution is -2.44. The Balaban J connectivity index is 1.62. The third-order valence-electron chi connectivity index (χ3n) is 3.86. The summed E-state index contributed by atoms with van der Waals surface area (Å²) in [6.07, 6.45) is 2.95. The minimum atomic E-state index is -1.17. The summed E-state index contributed by atoms with van der Waals surface area (Å²) in [6, 6.07) is 9.97. The molecule has 0 radical (unpaired) electrons. The SMILES string of the molecule is O=C(NCc1csc(-c2ccccc2)n1)C1(O)CCCC1. The molecule has 1 saturated carbocycles. The van der Waals surface area contributed by atoms with E-state index in [0.717, 1.165) is 29.1 Å². The molecule has 3 rings (SSSR count). The van der Waals surface area contributed by atoms with E-state index in [-0.39, 0.29) is 5.91 Å². The third kappa shape index (κ3) is 3.14. The molecule has 0 atom stereocenters. The van der Waals surface area contributed by atoms with Gasteiger partial charge < -0.3 is 10.4 Å². The Hall–Kier alpha value is -1.72. The number of aromatic nitrogens is 1. The van der Waals surface area contributed by atoms with E-state index < -0.39 is 5.60 Å². The van der Waals surface area contributed by atoms with Gasteiger partial charge in [-0.1, -0.05) is 30.3 Å². The van der Waals surface area contributed by atoms with E-state index >= 15 is 0 Å². The van der Waals surface area contributed by atoms with Gasteiger partial charge in [0.2, 0.25) is 0 Å². The summed E-state index contributed by atoms with van der Waals surface area (Å²) in [5.74, 6) is -0.269. The molecule has 1 amide bonds. The molecular weight excluding hydrogens is 284 g/mol. The van der Waals surface area contributed by atoms with Crippen LogP contribution in [0, 0.1) is 0 Å². The highest BCUT2D eigenvalue weighted by Gasteiger charge is 2.38. The van der Waals surface area contributed by atoms with Gasteiger partial charge in [0.1, 0.15) is 10.6 Å². The maximum absolute atomic E-state index is 12.0. The number of aliphatic hydroxyl groups is 1. The summed E-state index contributed by atoms with van der Waals surface area (Å²) < 4.78 is 0. The fraction of sp³-hybridized carbons (Fsp3) is 0.375. The van der Waals surface area contributed by atoms with Gasteiger partial charge in [0, 0.05) is 10.9 Å². The van der Waals surface area contributed by atoms with Gasteiger partial charge in [-0.2, -0.15) is 0 Å². The highest BCUT2D eigenvalue weighted by molar-refractivity contribution is 7.13. The van der Waals surface area contributed by atoms with E-state index in [1.54, 1.807) is 11.3 Å². The Morgan fingerprint density at radius 1 is 1.29 bits per heavy atom. The van der Waals surface area contributed by atoms with Crippen molar-refractivity contribution in [3.63, 3.8) is 0 Å². The van der Waals surface area contributed by atoms with Gasteiger partial charge in [-0.15, -0.1) is 11.3 Å². The molecule has 0 bridgehead atoms. The Labute approximate surface area is 127 Å². The second-order valence-corrected chi connectivity index (χ2v) is 6.29. The lowest BCUT2D eigenvalue weighted by atomic mass is 10.0. The van der Waals surface area contributed by atoms with Crippen LogP contribution in [0.15, 0.2) is 35.7 Å². The van der Waals surface area contributed by atoms with Crippen molar-refractivity contribution in [1.82, 2.24) is 10.3 Å². The summed E-state index contributed by atoms with van der Waals surface area (Å²) >= 11 is 1.56. The van der Waals surface area contributed by atoms with Crippen LogP contribution in [-0.4, -0.2) is 21.6 Å². The fourth-order valence-corrected chi connectivity index (χ4v) is 3.45. The summed E-state index contributed by atoms with van der Waals surface area (Å²) in [6.45, 7) is 0.366. The standard InChI is InChI=1S/C16H18N2O2S/c19-15(16(20)8-4-5-9-16)17-10-13-11-21-14(18-13)12-6-2-1-3-7-12/h1-3,6-7,11,20H,4-5,8-10H2,(H,17,19). The molecule has 1 fully saturated rings. The quantitative estimate of drug-likeness (QED) is 0.913. The van der Waals surface area contributed by atoms with Crippen LogP contribution in [0.5, 0.6) is 0 Å². The molecule has 1 aliphatic carbocycles. The van der Waals surface area contributed by atoms with Gasteiger partial charge in [0.25, 0.3) is 5.91 Å². The zero-order valence-electron chi connectivity index (χ0n) is 11.7. The molecule has 0 unspecified atom stereocenters. The highest BCUT2D eigenvalue weighted by atomic mass is 32.1. The predicted octanol–water partition coefficient (Wildman–Crippen LogP) is 2.73. The molecule has 1 aromatic heterocycles. The van der Waals surface area contributed by atoms with Crippen molar-refractivity contribution in [2.24, 2.45) is 0 Å². The molecule has 2 aromatic rings. The van der Waals surface area contributed by atoms with E-state index in [4.69, 9.17) is 0 Å². The number of carbonyl (C=O) groups excluding carboxylic acids is 1. The normalized spacial score (nSPS) is 16.8. The second-order valence-electron chi connectivity index (χ2n) is 5.43. The summed E-state index contributed by atoms with van der Waals surface area (Å²) in [5.41, 5.74) is 0.737. The van der Waals surface area contributed by atoms with Crippen molar-refractivity contribution in [3.8, 4) is 10.6 Å². The number of benzene rings is 1. The van der Waals surface area contributed by atoms with Crippen LogP contribution < -0.4 is 5.32 Å². The Morgan fingerprint density at radius 3 is 2.71 bits per heavy atom. The monoisotopic (exact) mass is 302 g/mol. The first-order valence-corrected chi connectivity index (χ1v) is 8.06. The average molecular weight is 302 g/mol. The molecule has 1 aliphatic rings. The lowest BCUT2D eigenvalue weighted by Gasteiger charge is -2.20.